The van der Waals surface area contributed by atoms with E-state index in [-0.39, 0.29) is 17.7 Å². The van der Waals surface area contributed by atoms with E-state index in [1.807, 2.05) is 37.3 Å². The molecule has 0 saturated carbocycles. The molecule has 4 rings (SSSR count). The van der Waals surface area contributed by atoms with Crippen molar-refractivity contribution in [2.45, 2.75) is 13.0 Å². The minimum absolute atomic E-state index is 0.185. The zero-order chi connectivity index (χ0) is 20.2. The maximum Gasteiger partial charge on any atom is 0.291 e. The van der Waals surface area contributed by atoms with Crippen LogP contribution >= 0.6 is 27.3 Å². The third-order valence-electron chi connectivity index (χ3n) is 4.33. The first-order valence-electron chi connectivity index (χ1n) is 8.98. The van der Waals surface area contributed by atoms with Gasteiger partial charge in [-0.25, -0.2) is 4.98 Å². The number of rotatable bonds is 6. The number of halogens is 1. The first-order chi connectivity index (χ1) is 14.1. The van der Waals surface area contributed by atoms with E-state index >= 15 is 0 Å². The number of hydrogen-bond donors (Lipinski definition) is 2. The van der Waals surface area contributed by atoms with Gasteiger partial charge >= 0.3 is 0 Å². The van der Waals surface area contributed by atoms with Gasteiger partial charge in [0.15, 0.2) is 5.76 Å². The van der Waals surface area contributed by atoms with E-state index in [1.165, 1.54) is 17.6 Å². The molecule has 1 amide bonds. The first kappa shape index (κ1) is 19.4. The van der Waals surface area contributed by atoms with Crippen LogP contribution in [0.15, 0.2) is 82.0 Å². The van der Waals surface area contributed by atoms with Gasteiger partial charge in [-0.1, -0.05) is 34.1 Å². The minimum Gasteiger partial charge on any atom is -0.459 e. The predicted octanol–water partition coefficient (Wildman–Crippen LogP) is 6.26. The number of nitrogens with zero attached hydrogens (tertiary/aromatic N) is 1. The molecule has 0 radical (unpaired) electrons. The summed E-state index contributed by atoms with van der Waals surface area (Å²) < 4.78 is 6.24. The molecular formula is C22H18BrN3O2S. The summed E-state index contributed by atoms with van der Waals surface area (Å²) in [5, 5.41) is 7.27. The minimum atomic E-state index is -0.273. The average molecular weight is 468 g/mol. The number of hydrogen-bond acceptors (Lipinski definition) is 5. The lowest BCUT2D eigenvalue weighted by molar-refractivity contribution is 0.0997. The van der Waals surface area contributed by atoms with Crippen LogP contribution in [0.2, 0.25) is 0 Å². The Bertz CT molecular complexity index is 1090. The Kier molecular flexibility index (Phi) is 5.78. The number of benzene rings is 1. The van der Waals surface area contributed by atoms with Crippen molar-refractivity contribution in [3.8, 4) is 0 Å². The van der Waals surface area contributed by atoms with Crippen molar-refractivity contribution in [3.05, 3.63) is 99.4 Å². The Morgan fingerprint density at radius 2 is 1.97 bits per heavy atom. The fourth-order valence-corrected chi connectivity index (χ4v) is 4.22. The highest BCUT2D eigenvalue weighted by Crippen LogP contribution is 2.37. The lowest BCUT2D eigenvalue weighted by Crippen LogP contribution is -2.16. The molecule has 4 aromatic rings. The van der Waals surface area contributed by atoms with Gasteiger partial charge in [0.1, 0.15) is 10.8 Å². The number of anilines is 2. The van der Waals surface area contributed by atoms with Crippen molar-refractivity contribution in [1.82, 2.24) is 4.98 Å². The van der Waals surface area contributed by atoms with Gasteiger partial charge in [0.2, 0.25) is 0 Å². The molecule has 7 heteroatoms. The van der Waals surface area contributed by atoms with Crippen LogP contribution in [0.4, 0.5) is 10.8 Å². The second kappa shape index (κ2) is 8.63. The zero-order valence-corrected chi connectivity index (χ0v) is 18.0. The van der Waals surface area contributed by atoms with Gasteiger partial charge in [0, 0.05) is 21.1 Å². The van der Waals surface area contributed by atoms with Crippen LogP contribution in [0.1, 0.15) is 32.6 Å². The number of amides is 1. The molecule has 3 aromatic heterocycles. The average Bonchev–Trinajstić information content (AvgIpc) is 3.38. The summed E-state index contributed by atoms with van der Waals surface area (Å²) in [7, 11) is 0. The molecule has 0 aliphatic heterocycles. The fourth-order valence-electron chi connectivity index (χ4n) is 3.01. The number of pyridine rings is 1. The molecular weight excluding hydrogens is 450 g/mol. The maximum absolute atomic E-state index is 12.6. The highest BCUT2D eigenvalue weighted by Gasteiger charge is 2.22. The number of carbonyl (C=O) groups excluding carboxylic acids is 1. The number of aryl methyl sites for hydroxylation is 1. The summed E-state index contributed by atoms with van der Waals surface area (Å²) in [6, 6.07) is 19.1. The Hall–Kier alpha value is -2.90. The molecule has 0 aliphatic rings. The van der Waals surface area contributed by atoms with E-state index in [0.29, 0.717) is 0 Å². The van der Waals surface area contributed by atoms with Crippen LogP contribution in [0.3, 0.4) is 0 Å². The second-order valence-electron chi connectivity index (χ2n) is 6.42. The summed E-state index contributed by atoms with van der Waals surface area (Å²) in [6.45, 7) is 2.02. The van der Waals surface area contributed by atoms with Gasteiger partial charge < -0.3 is 15.1 Å². The van der Waals surface area contributed by atoms with Crippen LogP contribution in [0.5, 0.6) is 0 Å². The smallest absolute Gasteiger partial charge is 0.291 e. The number of carbonyl (C=O) groups is 1. The molecule has 3 heterocycles. The van der Waals surface area contributed by atoms with Gasteiger partial charge in [-0.2, -0.15) is 0 Å². The molecule has 0 saturated heterocycles. The highest BCUT2D eigenvalue weighted by atomic mass is 79.9. The number of nitrogens with one attached hydrogen (secondary N) is 2. The van der Waals surface area contributed by atoms with Crippen molar-refractivity contribution >= 4 is 44.0 Å². The summed E-state index contributed by atoms with van der Waals surface area (Å²) in [4.78, 5) is 18.1. The Morgan fingerprint density at radius 1 is 1.14 bits per heavy atom. The van der Waals surface area contributed by atoms with Crippen LogP contribution < -0.4 is 10.6 Å². The van der Waals surface area contributed by atoms with Crippen LogP contribution in [0.25, 0.3) is 0 Å². The van der Waals surface area contributed by atoms with E-state index in [1.54, 1.807) is 18.3 Å². The third-order valence-corrected chi connectivity index (χ3v) is 5.84. The second-order valence-corrected chi connectivity index (χ2v) is 8.59. The van der Waals surface area contributed by atoms with E-state index in [0.717, 1.165) is 31.3 Å². The van der Waals surface area contributed by atoms with Crippen molar-refractivity contribution in [1.29, 1.82) is 0 Å². The highest BCUT2D eigenvalue weighted by molar-refractivity contribution is 9.10. The zero-order valence-electron chi connectivity index (χ0n) is 15.6. The summed E-state index contributed by atoms with van der Waals surface area (Å²) in [5.74, 6) is 0.762. The largest absolute Gasteiger partial charge is 0.459 e. The van der Waals surface area contributed by atoms with Crippen molar-refractivity contribution < 1.29 is 9.21 Å². The molecule has 0 spiro atoms. The van der Waals surface area contributed by atoms with Gasteiger partial charge in [-0.05, 0) is 55.0 Å². The normalized spacial score (nSPS) is 11.8. The van der Waals surface area contributed by atoms with Crippen LogP contribution in [0, 0.1) is 6.92 Å². The van der Waals surface area contributed by atoms with E-state index in [2.05, 4.69) is 49.7 Å². The monoisotopic (exact) mass is 467 g/mol. The lowest BCUT2D eigenvalue weighted by atomic mass is 10.00. The number of furan rings is 1. The molecule has 29 heavy (non-hydrogen) atoms. The third kappa shape index (κ3) is 4.58. The lowest BCUT2D eigenvalue weighted by Gasteiger charge is -2.21. The predicted molar refractivity (Wildman–Crippen MR) is 120 cm³/mol. The number of thiophene rings is 1. The van der Waals surface area contributed by atoms with Crippen molar-refractivity contribution in [3.63, 3.8) is 0 Å². The molecule has 0 fully saturated rings. The van der Waals surface area contributed by atoms with Crippen molar-refractivity contribution in [2.24, 2.45) is 0 Å². The van der Waals surface area contributed by atoms with E-state index in [9.17, 15) is 4.79 Å². The molecule has 2 N–H and O–H groups in total. The SMILES string of the molecule is Cc1cc([C@H](Nc2ccccn2)c2ccc(Br)cc2)c(NC(=O)c2ccco2)s1. The molecule has 5 nitrogen and oxygen atoms in total. The van der Waals surface area contributed by atoms with Gasteiger partial charge in [0.05, 0.1) is 12.3 Å². The van der Waals surface area contributed by atoms with Crippen LogP contribution in [-0.2, 0) is 0 Å². The van der Waals surface area contributed by atoms with Gasteiger partial charge in [-0.15, -0.1) is 11.3 Å². The topological polar surface area (TPSA) is 67.2 Å². The standard InChI is InChI=1S/C22H18BrN3O2S/c1-14-13-17(22(29-14)26-21(27)18-5-4-12-28-18)20(15-7-9-16(23)10-8-15)25-19-6-2-3-11-24-19/h2-13,20H,1H3,(H,24,25)(H,26,27)/t20-/m1/s1. The van der Waals surface area contributed by atoms with Gasteiger partial charge in [0.25, 0.3) is 5.91 Å². The molecule has 0 bridgehead atoms. The Morgan fingerprint density at radius 3 is 2.66 bits per heavy atom. The molecule has 0 unspecified atom stereocenters. The van der Waals surface area contributed by atoms with E-state index in [4.69, 9.17) is 4.42 Å². The first-order valence-corrected chi connectivity index (χ1v) is 10.6. The Balaban J connectivity index is 1.72. The summed E-state index contributed by atoms with van der Waals surface area (Å²) in [6.07, 6.45) is 3.24. The van der Waals surface area contributed by atoms with Gasteiger partial charge in [-0.3, -0.25) is 4.79 Å². The van der Waals surface area contributed by atoms with E-state index < -0.39 is 0 Å². The molecule has 1 atom stereocenters. The summed E-state index contributed by atoms with van der Waals surface area (Å²) in [5.41, 5.74) is 2.03. The number of aromatic nitrogens is 1. The molecule has 0 aliphatic carbocycles. The van der Waals surface area contributed by atoms with Crippen LogP contribution in [-0.4, -0.2) is 10.9 Å². The summed E-state index contributed by atoms with van der Waals surface area (Å²) >= 11 is 5.03. The molecule has 146 valence electrons. The Labute approximate surface area is 180 Å². The van der Waals surface area contributed by atoms with Crippen molar-refractivity contribution in [2.75, 3.05) is 10.6 Å². The quantitative estimate of drug-likeness (QED) is 0.351. The fraction of sp³-hybridized carbons (Fsp3) is 0.0909. The maximum atomic E-state index is 12.6. The molecule has 1 aromatic carbocycles.